The molecule has 0 amide bonds. The third-order valence-corrected chi connectivity index (χ3v) is 5.84. The van der Waals surface area contributed by atoms with Gasteiger partial charge in [0.15, 0.2) is 0 Å². The van der Waals surface area contributed by atoms with E-state index in [0.717, 1.165) is 19.6 Å². The maximum Gasteiger partial charge on any atom is 0.488 e. The van der Waals surface area contributed by atoms with Crippen molar-refractivity contribution in [3.05, 3.63) is 23.8 Å². The minimum absolute atomic E-state index is 0.112. The molecule has 1 heterocycles. The van der Waals surface area contributed by atoms with Gasteiger partial charge in [0, 0.05) is 26.2 Å². The number of piperazine rings is 1. The van der Waals surface area contributed by atoms with Gasteiger partial charge in [0.05, 0.1) is 4.90 Å². The zero-order valence-corrected chi connectivity index (χ0v) is 13.2. The predicted octanol–water partition coefficient (Wildman–Crippen LogP) is -0.999. The zero-order valence-electron chi connectivity index (χ0n) is 12.4. The summed E-state index contributed by atoms with van der Waals surface area (Å²) in [6.07, 6.45) is 0. The number of hydrogen-bond acceptors (Lipinski definition) is 5. The second kappa shape index (κ2) is 6.45. The summed E-state index contributed by atoms with van der Waals surface area (Å²) < 4.78 is 26.7. The molecule has 0 unspecified atom stereocenters. The Morgan fingerprint density at radius 3 is 2.33 bits per heavy atom. The molecule has 8 heteroatoms. The van der Waals surface area contributed by atoms with Crippen LogP contribution in [-0.4, -0.2) is 67.5 Å². The van der Waals surface area contributed by atoms with E-state index in [1.807, 2.05) is 0 Å². The van der Waals surface area contributed by atoms with Crippen molar-refractivity contribution in [1.29, 1.82) is 0 Å². The van der Waals surface area contributed by atoms with Crippen LogP contribution in [0.5, 0.6) is 0 Å². The lowest BCUT2D eigenvalue weighted by molar-refractivity contribution is 0.196. The van der Waals surface area contributed by atoms with Gasteiger partial charge in [-0.1, -0.05) is 18.6 Å². The quantitative estimate of drug-likeness (QED) is 0.697. The van der Waals surface area contributed by atoms with E-state index in [2.05, 4.69) is 11.8 Å². The second-order valence-corrected chi connectivity index (χ2v) is 7.17. The van der Waals surface area contributed by atoms with Crippen LogP contribution in [0.25, 0.3) is 0 Å². The molecule has 2 rings (SSSR count). The molecule has 1 aromatic carbocycles. The Labute approximate surface area is 126 Å². The number of rotatable bonds is 4. The lowest BCUT2D eigenvalue weighted by atomic mass is 9.77. The molecular formula is C13H21BN2O4S. The van der Waals surface area contributed by atoms with Crippen LogP contribution in [0.3, 0.4) is 0 Å². The third kappa shape index (κ3) is 3.46. The van der Waals surface area contributed by atoms with Crippen LogP contribution < -0.4 is 5.46 Å². The van der Waals surface area contributed by atoms with Gasteiger partial charge in [-0.25, -0.2) is 8.42 Å². The van der Waals surface area contributed by atoms with Gasteiger partial charge in [-0.2, -0.15) is 4.31 Å². The molecule has 1 aliphatic heterocycles. The van der Waals surface area contributed by atoms with E-state index in [1.165, 1.54) is 16.4 Å². The Balaban J connectivity index is 2.26. The Morgan fingerprint density at radius 2 is 1.81 bits per heavy atom. The van der Waals surface area contributed by atoms with E-state index >= 15 is 0 Å². The van der Waals surface area contributed by atoms with Crippen molar-refractivity contribution in [3.63, 3.8) is 0 Å². The van der Waals surface area contributed by atoms with Crippen LogP contribution in [-0.2, 0) is 10.0 Å². The van der Waals surface area contributed by atoms with Crippen LogP contribution in [0.1, 0.15) is 12.5 Å². The minimum atomic E-state index is -3.58. The first-order chi connectivity index (χ1) is 9.86. The van der Waals surface area contributed by atoms with E-state index in [0.29, 0.717) is 18.7 Å². The standard InChI is InChI=1S/C13H21BN2O4S/c1-3-15-6-8-16(9-7-15)21(19,20)12-5-4-11(2)13(10-12)14(17)18/h4-5,10,17-18H,3,6-9H2,1-2H3. The summed E-state index contributed by atoms with van der Waals surface area (Å²) in [6.45, 7) is 7.04. The number of likely N-dealkylation sites (N-methyl/N-ethyl adjacent to an activating group) is 1. The summed E-state index contributed by atoms with van der Waals surface area (Å²) in [6, 6.07) is 4.47. The smallest absolute Gasteiger partial charge is 0.423 e. The molecule has 0 aliphatic carbocycles. The third-order valence-electron chi connectivity index (χ3n) is 3.95. The molecule has 0 radical (unpaired) electrons. The molecule has 0 atom stereocenters. The molecule has 6 nitrogen and oxygen atoms in total. The molecule has 116 valence electrons. The van der Waals surface area contributed by atoms with Gasteiger partial charge in [-0.3, -0.25) is 0 Å². The van der Waals surface area contributed by atoms with Crippen molar-refractivity contribution in [2.45, 2.75) is 18.7 Å². The van der Waals surface area contributed by atoms with Crippen LogP contribution in [0.15, 0.2) is 23.1 Å². The van der Waals surface area contributed by atoms with E-state index in [9.17, 15) is 18.5 Å². The molecule has 1 saturated heterocycles. The Kier molecular flexibility index (Phi) is 5.05. The van der Waals surface area contributed by atoms with Gasteiger partial charge in [-0.05, 0) is 31.1 Å². The molecular weight excluding hydrogens is 291 g/mol. The highest BCUT2D eigenvalue weighted by Gasteiger charge is 2.29. The van der Waals surface area contributed by atoms with Crippen molar-refractivity contribution < 1.29 is 18.5 Å². The Bertz CT molecular complexity index is 598. The lowest BCUT2D eigenvalue weighted by Gasteiger charge is -2.33. The fourth-order valence-corrected chi connectivity index (χ4v) is 3.95. The molecule has 0 saturated carbocycles. The molecule has 1 aromatic rings. The van der Waals surface area contributed by atoms with Gasteiger partial charge in [0.2, 0.25) is 10.0 Å². The summed E-state index contributed by atoms with van der Waals surface area (Å²) in [7, 11) is -5.25. The summed E-state index contributed by atoms with van der Waals surface area (Å²) in [5.74, 6) is 0. The van der Waals surface area contributed by atoms with Crippen molar-refractivity contribution in [2.75, 3.05) is 32.7 Å². The first-order valence-electron chi connectivity index (χ1n) is 7.05. The fourth-order valence-electron chi connectivity index (χ4n) is 2.49. The number of aryl methyl sites for hydroxylation is 1. The highest BCUT2D eigenvalue weighted by Crippen LogP contribution is 2.17. The maximum absolute atomic E-state index is 12.6. The SMILES string of the molecule is CCN1CCN(S(=O)(=O)c2ccc(C)c(B(O)O)c2)CC1. The van der Waals surface area contributed by atoms with Gasteiger partial charge in [-0.15, -0.1) is 0 Å². The predicted molar refractivity (Wildman–Crippen MR) is 81.9 cm³/mol. The van der Waals surface area contributed by atoms with Crippen LogP contribution in [0.4, 0.5) is 0 Å². The summed E-state index contributed by atoms with van der Waals surface area (Å²) in [4.78, 5) is 2.31. The Morgan fingerprint density at radius 1 is 1.19 bits per heavy atom. The van der Waals surface area contributed by atoms with E-state index in [1.54, 1.807) is 13.0 Å². The van der Waals surface area contributed by atoms with E-state index in [4.69, 9.17) is 0 Å². The Hall–Kier alpha value is -0.925. The van der Waals surface area contributed by atoms with Crippen molar-refractivity contribution >= 4 is 22.6 Å². The summed E-state index contributed by atoms with van der Waals surface area (Å²) in [5.41, 5.74) is 0.878. The first kappa shape index (κ1) is 16.4. The highest BCUT2D eigenvalue weighted by molar-refractivity contribution is 7.89. The molecule has 0 bridgehead atoms. The molecule has 0 spiro atoms. The average molecular weight is 312 g/mol. The molecule has 1 fully saturated rings. The normalized spacial score (nSPS) is 17.9. The average Bonchev–Trinajstić information content (AvgIpc) is 2.47. The largest absolute Gasteiger partial charge is 0.488 e. The number of hydrogen-bond donors (Lipinski definition) is 2. The minimum Gasteiger partial charge on any atom is -0.423 e. The van der Waals surface area contributed by atoms with Crippen molar-refractivity contribution in [1.82, 2.24) is 9.21 Å². The monoisotopic (exact) mass is 312 g/mol. The maximum atomic E-state index is 12.6. The topological polar surface area (TPSA) is 81.1 Å². The number of nitrogens with zero attached hydrogens (tertiary/aromatic N) is 2. The van der Waals surface area contributed by atoms with Gasteiger partial charge in [0.25, 0.3) is 0 Å². The number of benzene rings is 1. The molecule has 21 heavy (non-hydrogen) atoms. The summed E-state index contributed by atoms with van der Waals surface area (Å²) in [5, 5.41) is 18.6. The molecule has 1 aliphatic rings. The van der Waals surface area contributed by atoms with Crippen molar-refractivity contribution in [3.8, 4) is 0 Å². The van der Waals surface area contributed by atoms with Crippen LogP contribution in [0, 0.1) is 6.92 Å². The highest BCUT2D eigenvalue weighted by atomic mass is 32.2. The fraction of sp³-hybridized carbons (Fsp3) is 0.538. The lowest BCUT2D eigenvalue weighted by Crippen LogP contribution is -2.48. The summed E-state index contributed by atoms with van der Waals surface area (Å²) >= 11 is 0. The first-order valence-corrected chi connectivity index (χ1v) is 8.49. The van der Waals surface area contributed by atoms with Gasteiger partial charge < -0.3 is 14.9 Å². The van der Waals surface area contributed by atoms with Crippen LogP contribution >= 0.6 is 0 Å². The van der Waals surface area contributed by atoms with E-state index in [-0.39, 0.29) is 10.4 Å². The molecule has 0 aromatic heterocycles. The zero-order chi connectivity index (χ0) is 15.6. The van der Waals surface area contributed by atoms with E-state index < -0.39 is 17.1 Å². The van der Waals surface area contributed by atoms with Gasteiger partial charge >= 0.3 is 7.12 Å². The van der Waals surface area contributed by atoms with Crippen molar-refractivity contribution in [2.24, 2.45) is 0 Å². The van der Waals surface area contributed by atoms with Crippen LogP contribution in [0.2, 0.25) is 0 Å². The number of sulfonamides is 1. The molecule has 2 N–H and O–H groups in total. The second-order valence-electron chi connectivity index (χ2n) is 5.23. The van der Waals surface area contributed by atoms with Gasteiger partial charge in [0.1, 0.15) is 0 Å².